The zero-order valence-corrected chi connectivity index (χ0v) is 10.9. The van der Waals surface area contributed by atoms with Gasteiger partial charge in [-0.3, -0.25) is 4.79 Å². The van der Waals surface area contributed by atoms with Crippen molar-refractivity contribution in [1.82, 2.24) is 0 Å². The molecule has 4 nitrogen and oxygen atoms in total. The number of carbonyl (C=O) groups is 1. The van der Waals surface area contributed by atoms with E-state index in [-0.39, 0.29) is 5.91 Å². The standard InChI is InChI=1S/C12H17NO3S/c1-15-6-7-17-9-12(14)13-10-4-3-5-11(8-10)16-2/h3-5,8H,6-7,9H2,1-2H3,(H,13,14). The number of hydrogen-bond donors (Lipinski definition) is 1. The van der Waals surface area contributed by atoms with Gasteiger partial charge in [-0.05, 0) is 12.1 Å². The van der Waals surface area contributed by atoms with E-state index in [4.69, 9.17) is 9.47 Å². The normalized spacial score (nSPS) is 10.0. The second kappa shape index (κ2) is 7.97. The van der Waals surface area contributed by atoms with Gasteiger partial charge in [0.25, 0.3) is 0 Å². The highest BCUT2D eigenvalue weighted by Gasteiger charge is 2.03. The molecule has 94 valence electrons. The van der Waals surface area contributed by atoms with Gasteiger partial charge in [-0.1, -0.05) is 6.07 Å². The summed E-state index contributed by atoms with van der Waals surface area (Å²) in [7, 11) is 3.25. The largest absolute Gasteiger partial charge is 0.497 e. The molecule has 0 atom stereocenters. The number of carbonyl (C=O) groups excluding carboxylic acids is 1. The van der Waals surface area contributed by atoms with Crippen molar-refractivity contribution in [2.75, 3.05) is 37.6 Å². The minimum Gasteiger partial charge on any atom is -0.497 e. The Morgan fingerprint density at radius 1 is 1.41 bits per heavy atom. The Kier molecular flexibility index (Phi) is 6.50. The van der Waals surface area contributed by atoms with Gasteiger partial charge in [0.05, 0.1) is 19.5 Å². The van der Waals surface area contributed by atoms with Crippen molar-refractivity contribution < 1.29 is 14.3 Å². The first-order valence-corrected chi connectivity index (χ1v) is 6.42. The number of ether oxygens (including phenoxy) is 2. The average molecular weight is 255 g/mol. The Balaban J connectivity index is 2.34. The summed E-state index contributed by atoms with van der Waals surface area (Å²) < 4.78 is 9.98. The predicted molar refractivity (Wildman–Crippen MR) is 70.8 cm³/mol. The zero-order chi connectivity index (χ0) is 12.5. The molecule has 0 saturated heterocycles. The maximum atomic E-state index is 11.6. The van der Waals surface area contributed by atoms with E-state index in [0.717, 1.165) is 17.2 Å². The molecule has 0 saturated carbocycles. The van der Waals surface area contributed by atoms with Gasteiger partial charge >= 0.3 is 0 Å². The molecule has 0 spiro atoms. The maximum absolute atomic E-state index is 11.6. The third-order valence-corrected chi connectivity index (χ3v) is 2.94. The summed E-state index contributed by atoms with van der Waals surface area (Å²) in [6.07, 6.45) is 0. The Bertz CT molecular complexity index is 357. The van der Waals surface area contributed by atoms with Gasteiger partial charge in [0.2, 0.25) is 5.91 Å². The van der Waals surface area contributed by atoms with E-state index in [2.05, 4.69) is 5.32 Å². The molecule has 1 N–H and O–H groups in total. The molecule has 1 aromatic carbocycles. The van der Waals surface area contributed by atoms with Crippen LogP contribution in [-0.2, 0) is 9.53 Å². The van der Waals surface area contributed by atoms with Crippen LogP contribution < -0.4 is 10.1 Å². The summed E-state index contributed by atoms with van der Waals surface area (Å²) in [5, 5.41) is 2.81. The molecular formula is C12H17NO3S. The van der Waals surface area contributed by atoms with Crippen molar-refractivity contribution in [3.05, 3.63) is 24.3 Å². The number of hydrogen-bond acceptors (Lipinski definition) is 4. The Morgan fingerprint density at radius 2 is 2.24 bits per heavy atom. The lowest BCUT2D eigenvalue weighted by atomic mass is 10.3. The first-order valence-electron chi connectivity index (χ1n) is 5.27. The highest BCUT2D eigenvalue weighted by Crippen LogP contribution is 2.16. The Labute approximate surface area is 106 Å². The molecule has 5 heteroatoms. The van der Waals surface area contributed by atoms with E-state index in [1.807, 2.05) is 18.2 Å². The minimum absolute atomic E-state index is 0.0145. The summed E-state index contributed by atoms with van der Waals surface area (Å²) in [5.41, 5.74) is 0.752. The Hall–Kier alpha value is -1.20. The van der Waals surface area contributed by atoms with Crippen molar-refractivity contribution in [2.45, 2.75) is 0 Å². The number of rotatable bonds is 7. The molecule has 0 unspecified atom stereocenters. The molecule has 0 aliphatic rings. The van der Waals surface area contributed by atoms with E-state index >= 15 is 0 Å². The van der Waals surface area contributed by atoms with Gasteiger partial charge in [-0.25, -0.2) is 0 Å². The fraction of sp³-hybridized carbons (Fsp3) is 0.417. The summed E-state index contributed by atoms with van der Waals surface area (Å²) in [5.74, 6) is 1.97. The van der Waals surface area contributed by atoms with E-state index < -0.39 is 0 Å². The minimum atomic E-state index is -0.0145. The maximum Gasteiger partial charge on any atom is 0.234 e. The molecule has 1 aromatic rings. The first kappa shape index (κ1) is 13.9. The highest BCUT2D eigenvalue weighted by atomic mass is 32.2. The van der Waals surface area contributed by atoms with Crippen molar-refractivity contribution in [2.24, 2.45) is 0 Å². The molecule has 0 aliphatic carbocycles. The van der Waals surface area contributed by atoms with Crippen molar-refractivity contribution in [3.8, 4) is 5.75 Å². The number of anilines is 1. The summed E-state index contributed by atoms with van der Waals surface area (Å²) in [6.45, 7) is 0.664. The number of thioether (sulfide) groups is 1. The molecule has 0 bridgehead atoms. The van der Waals surface area contributed by atoms with Gasteiger partial charge in [0.15, 0.2) is 0 Å². The lowest BCUT2D eigenvalue weighted by Crippen LogP contribution is -2.14. The lowest BCUT2D eigenvalue weighted by Gasteiger charge is -2.06. The molecule has 1 amide bonds. The van der Waals surface area contributed by atoms with Gasteiger partial charge in [0, 0.05) is 24.6 Å². The monoisotopic (exact) mass is 255 g/mol. The third kappa shape index (κ3) is 5.60. The Morgan fingerprint density at radius 3 is 2.94 bits per heavy atom. The van der Waals surface area contributed by atoms with Crippen LogP contribution in [-0.4, -0.2) is 38.2 Å². The summed E-state index contributed by atoms with van der Waals surface area (Å²) in [4.78, 5) is 11.6. The quantitative estimate of drug-likeness (QED) is 0.757. The van der Waals surface area contributed by atoms with Crippen LogP contribution in [0.15, 0.2) is 24.3 Å². The third-order valence-electron chi connectivity index (χ3n) is 2.02. The zero-order valence-electron chi connectivity index (χ0n) is 10.1. The number of methoxy groups -OCH3 is 2. The van der Waals surface area contributed by atoms with Crippen LogP contribution >= 0.6 is 11.8 Å². The van der Waals surface area contributed by atoms with Crippen LogP contribution in [0.2, 0.25) is 0 Å². The van der Waals surface area contributed by atoms with Crippen molar-refractivity contribution in [1.29, 1.82) is 0 Å². The molecule has 0 aromatic heterocycles. The summed E-state index contributed by atoms with van der Waals surface area (Å²) >= 11 is 1.55. The summed E-state index contributed by atoms with van der Waals surface area (Å²) in [6, 6.07) is 7.30. The van der Waals surface area contributed by atoms with Crippen molar-refractivity contribution >= 4 is 23.4 Å². The van der Waals surface area contributed by atoms with Gasteiger partial charge in [-0.2, -0.15) is 0 Å². The molecule has 0 heterocycles. The molecule has 17 heavy (non-hydrogen) atoms. The highest BCUT2D eigenvalue weighted by molar-refractivity contribution is 7.99. The SMILES string of the molecule is COCCSCC(=O)Nc1cccc(OC)c1. The fourth-order valence-corrected chi connectivity index (χ4v) is 1.89. The number of benzene rings is 1. The number of amides is 1. The molecule has 0 radical (unpaired) electrons. The van der Waals surface area contributed by atoms with E-state index in [1.54, 1.807) is 32.0 Å². The van der Waals surface area contributed by atoms with Crippen molar-refractivity contribution in [3.63, 3.8) is 0 Å². The van der Waals surface area contributed by atoms with Gasteiger partial charge < -0.3 is 14.8 Å². The van der Waals surface area contributed by atoms with Gasteiger partial charge in [-0.15, -0.1) is 11.8 Å². The average Bonchev–Trinajstić information content (AvgIpc) is 2.35. The molecule has 1 rings (SSSR count). The van der Waals surface area contributed by atoms with Crippen LogP contribution in [0.3, 0.4) is 0 Å². The van der Waals surface area contributed by atoms with Crippen LogP contribution in [0.5, 0.6) is 5.75 Å². The second-order valence-corrected chi connectivity index (χ2v) is 4.43. The van der Waals surface area contributed by atoms with Crippen LogP contribution in [0, 0.1) is 0 Å². The molecule has 0 fully saturated rings. The molecular weight excluding hydrogens is 238 g/mol. The fourth-order valence-electron chi connectivity index (χ4n) is 1.21. The van der Waals surface area contributed by atoms with E-state index in [1.165, 1.54) is 0 Å². The molecule has 0 aliphatic heterocycles. The van der Waals surface area contributed by atoms with Gasteiger partial charge in [0.1, 0.15) is 5.75 Å². The van der Waals surface area contributed by atoms with E-state index in [0.29, 0.717) is 12.4 Å². The van der Waals surface area contributed by atoms with E-state index in [9.17, 15) is 4.79 Å². The predicted octanol–water partition coefficient (Wildman–Crippen LogP) is 2.01. The lowest BCUT2D eigenvalue weighted by molar-refractivity contribution is -0.113. The number of nitrogens with one attached hydrogen (secondary N) is 1. The van der Waals surface area contributed by atoms with Crippen LogP contribution in [0.25, 0.3) is 0 Å². The van der Waals surface area contributed by atoms with Crippen LogP contribution in [0.4, 0.5) is 5.69 Å². The second-order valence-electron chi connectivity index (χ2n) is 3.33. The van der Waals surface area contributed by atoms with Crippen LogP contribution in [0.1, 0.15) is 0 Å². The topological polar surface area (TPSA) is 47.6 Å². The smallest absolute Gasteiger partial charge is 0.234 e. The first-order chi connectivity index (χ1) is 8.26.